The van der Waals surface area contributed by atoms with Crippen LogP contribution >= 0.6 is 0 Å². The van der Waals surface area contributed by atoms with E-state index in [9.17, 15) is 4.79 Å². The van der Waals surface area contributed by atoms with Crippen LogP contribution in [-0.4, -0.2) is 52.9 Å². The largest absolute Gasteiger partial charge is 0.337 e. The van der Waals surface area contributed by atoms with E-state index in [-0.39, 0.29) is 5.91 Å². The molecule has 23 heavy (non-hydrogen) atoms. The molecule has 1 saturated heterocycles. The van der Waals surface area contributed by atoms with Crippen LogP contribution in [0.1, 0.15) is 49.2 Å². The first-order valence-corrected chi connectivity index (χ1v) is 9.01. The summed E-state index contributed by atoms with van der Waals surface area (Å²) in [5, 5.41) is 0. The summed E-state index contributed by atoms with van der Waals surface area (Å²) in [6.07, 6.45) is 5.60. The first kappa shape index (κ1) is 16.4. The minimum Gasteiger partial charge on any atom is -0.337 e. The van der Waals surface area contributed by atoms with Gasteiger partial charge in [0.05, 0.1) is 5.56 Å². The molecule has 2 heterocycles. The van der Waals surface area contributed by atoms with E-state index in [1.54, 1.807) is 6.20 Å². The summed E-state index contributed by atoms with van der Waals surface area (Å²) < 4.78 is 0. The maximum atomic E-state index is 13.0. The Kier molecular flexibility index (Phi) is 5.00. The molecule has 126 valence electrons. The fourth-order valence-electron chi connectivity index (χ4n) is 3.62. The van der Waals surface area contributed by atoms with Gasteiger partial charge in [0.1, 0.15) is 0 Å². The molecule has 1 saturated carbocycles. The van der Waals surface area contributed by atoms with E-state index in [0.29, 0.717) is 12.0 Å². The fourth-order valence-corrected chi connectivity index (χ4v) is 3.62. The number of aromatic nitrogens is 1. The molecule has 4 nitrogen and oxygen atoms in total. The Hall–Kier alpha value is -1.42. The number of rotatable bonds is 4. The van der Waals surface area contributed by atoms with Gasteiger partial charge in [0, 0.05) is 44.1 Å². The van der Waals surface area contributed by atoms with Crippen molar-refractivity contribution in [2.45, 2.75) is 46.1 Å². The van der Waals surface area contributed by atoms with Gasteiger partial charge in [-0.25, -0.2) is 0 Å². The van der Waals surface area contributed by atoms with Crippen LogP contribution in [0.5, 0.6) is 0 Å². The van der Waals surface area contributed by atoms with Crippen molar-refractivity contribution in [1.82, 2.24) is 14.8 Å². The van der Waals surface area contributed by atoms with Crippen LogP contribution in [-0.2, 0) is 0 Å². The second-order valence-corrected chi connectivity index (χ2v) is 7.49. The zero-order chi connectivity index (χ0) is 16.4. The van der Waals surface area contributed by atoms with Gasteiger partial charge in [-0.05, 0) is 50.2 Å². The molecule has 2 aliphatic rings. The molecule has 0 bridgehead atoms. The van der Waals surface area contributed by atoms with Gasteiger partial charge in [0.15, 0.2) is 0 Å². The van der Waals surface area contributed by atoms with Crippen LogP contribution in [0.25, 0.3) is 0 Å². The van der Waals surface area contributed by atoms with Gasteiger partial charge >= 0.3 is 0 Å². The quantitative estimate of drug-likeness (QED) is 0.857. The van der Waals surface area contributed by atoms with Crippen LogP contribution in [0.4, 0.5) is 0 Å². The van der Waals surface area contributed by atoms with Crippen molar-refractivity contribution in [3.8, 4) is 0 Å². The van der Waals surface area contributed by atoms with Gasteiger partial charge in [-0.15, -0.1) is 0 Å². The highest BCUT2D eigenvalue weighted by Gasteiger charge is 2.33. The lowest BCUT2D eigenvalue weighted by Crippen LogP contribution is -2.46. The fraction of sp³-hybridized carbons (Fsp3) is 0.684. The van der Waals surface area contributed by atoms with Crippen molar-refractivity contribution >= 4 is 5.91 Å². The molecule has 0 spiro atoms. The molecule has 0 unspecified atom stereocenters. The molecule has 1 aliphatic carbocycles. The molecule has 1 atom stereocenters. The summed E-state index contributed by atoms with van der Waals surface area (Å²) in [6.45, 7) is 10.5. The highest BCUT2D eigenvalue weighted by atomic mass is 16.2. The number of hydrogen-bond acceptors (Lipinski definition) is 3. The first-order valence-electron chi connectivity index (χ1n) is 9.01. The number of hydrogen-bond donors (Lipinski definition) is 0. The van der Waals surface area contributed by atoms with E-state index >= 15 is 0 Å². The van der Waals surface area contributed by atoms with Crippen molar-refractivity contribution in [1.29, 1.82) is 0 Å². The van der Waals surface area contributed by atoms with Crippen molar-refractivity contribution in [2.24, 2.45) is 11.8 Å². The summed E-state index contributed by atoms with van der Waals surface area (Å²) in [5.41, 5.74) is 1.59. The minimum atomic E-state index is 0.148. The van der Waals surface area contributed by atoms with Crippen LogP contribution in [0.15, 0.2) is 18.3 Å². The molecular weight excluding hydrogens is 286 g/mol. The summed E-state index contributed by atoms with van der Waals surface area (Å²) in [5.74, 6) is 1.62. The number of amides is 1. The van der Waals surface area contributed by atoms with E-state index in [0.717, 1.165) is 43.2 Å². The zero-order valence-electron chi connectivity index (χ0n) is 14.7. The predicted octanol–water partition coefficient (Wildman–Crippen LogP) is 2.97. The minimum absolute atomic E-state index is 0.148. The monoisotopic (exact) mass is 315 g/mol. The number of pyridine rings is 1. The Morgan fingerprint density at radius 2 is 2.13 bits per heavy atom. The molecule has 2 fully saturated rings. The Morgan fingerprint density at radius 1 is 1.35 bits per heavy atom. The highest BCUT2D eigenvalue weighted by Crippen LogP contribution is 2.32. The molecule has 1 aromatic heterocycles. The van der Waals surface area contributed by atoms with Crippen LogP contribution in [0.3, 0.4) is 0 Å². The summed E-state index contributed by atoms with van der Waals surface area (Å²) >= 11 is 0. The lowest BCUT2D eigenvalue weighted by Gasteiger charge is -2.34. The second-order valence-electron chi connectivity index (χ2n) is 7.49. The van der Waals surface area contributed by atoms with Crippen LogP contribution < -0.4 is 0 Å². The number of aryl methyl sites for hydroxylation is 1. The van der Waals surface area contributed by atoms with Gasteiger partial charge in [0.25, 0.3) is 5.91 Å². The van der Waals surface area contributed by atoms with Gasteiger partial charge in [-0.3, -0.25) is 14.7 Å². The number of nitrogens with zero attached hydrogens (tertiary/aromatic N) is 3. The van der Waals surface area contributed by atoms with Gasteiger partial charge in [0.2, 0.25) is 0 Å². The van der Waals surface area contributed by atoms with E-state index in [4.69, 9.17) is 0 Å². The SMILES string of the molecule is Cc1ncccc1C(=O)N1CCCN(CC2CC2)[C@@H](C(C)C)C1. The maximum absolute atomic E-state index is 13.0. The van der Waals surface area contributed by atoms with Crippen LogP contribution in [0, 0.1) is 18.8 Å². The standard InChI is InChI=1S/C19H29N3O/c1-14(2)18-13-22(11-5-10-21(18)12-16-7-8-16)19(23)17-6-4-9-20-15(17)3/h4,6,9,14,16,18H,5,7-8,10-13H2,1-3H3/t18-/m1/s1. The van der Waals surface area contributed by atoms with Gasteiger partial charge < -0.3 is 4.90 Å². The highest BCUT2D eigenvalue weighted by molar-refractivity contribution is 5.95. The third kappa shape index (κ3) is 3.92. The van der Waals surface area contributed by atoms with Crippen molar-refractivity contribution in [2.75, 3.05) is 26.2 Å². The van der Waals surface area contributed by atoms with E-state index in [2.05, 4.69) is 28.6 Å². The maximum Gasteiger partial charge on any atom is 0.255 e. The summed E-state index contributed by atoms with van der Waals surface area (Å²) in [4.78, 5) is 21.9. The molecule has 1 amide bonds. The second kappa shape index (κ2) is 7.00. The summed E-state index contributed by atoms with van der Waals surface area (Å²) in [6, 6.07) is 4.23. The van der Waals surface area contributed by atoms with Gasteiger partial charge in [-0.1, -0.05) is 13.8 Å². The molecule has 0 N–H and O–H groups in total. The smallest absolute Gasteiger partial charge is 0.255 e. The van der Waals surface area contributed by atoms with Crippen molar-refractivity contribution < 1.29 is 4.79 Å². The average Bonchev–Trinajstić information content (AvgIpc) is 3.34. The van der Waals surface area contributed by atoms with E-state index in [1.807, 2.05) is 19.1 Å². The zero-order valence-corrected chi connectivity index (χ0v) is 14.7. The Morgan fingerprint density at radius 3 is 2.78 bits per heavy atom. The molecule has 0 aromatic carbocycles. The first-order chi connectivity index (χ1) is 11.1. The van der Waals surface area contributed by atoms with Crippen molar-refractivity contribution in [3.63, 3.8) is 0 Å². The van der Waals surface area contributed by atoms with Gasteiger partial charge in [-0.2, -0.15) is 0 Å². The molecule has 1 aliphatic heterocycles. The van der Waals surface area contributed by atoms with E-state index in [1.165, 1.54) is 19.4 Å². The molecule has 4 heteroatoms. The molecular formula is C19H29N3O. The third-order valence-corrected chi connectivity index (χ3v) is 5.23. The third-order valence-electron chi connectivity index (χ3n) is 5.23. The lowest BCUT2D eigenvalue weighted by atomic mass is 10.0. The molecule has 1 aromatic rings. The average molecular weight is 315 g/mol. The normalized spacial score (nSPS) is 23.1. The Labute approximate surface area is 139 Å². The van der Waals surface area contributed by atoms with E-state index < -0.39 is 0 Å². The predicted molar refractivity (Wildman–Crippen MR) is 92.4 cm³/mol. The lowest BCUT2D eigenvalue weighted by molar-refractivity contribution is 0.0703. The van der Waals surface area contributed by atoms with Crippen molar-refractivity contribution in [3.05, 3.63) is 29.6 Å². The van der Waals surface area contributed by atoms with Crippen LogP contribution in [0.2, 0.25) is 0 Å². The molecule has 0 radical (unpaired) electrons. The Bertz CT molecular complexity index is 553. The Balaban J connectivity index is 1.75. The number of carbonyl (C=O) groups excluding carboxylic acids is 1. The number of carbonyl (C=O) groups is 1. The molecule has 3 rings (SSSR count). The topological polar surface area (TPSA) is 36.4 Å². The summed E-state index contributed by atoms with van der Waals surface area (Å²) in [7, 11) is 0.